The van der Waals surface area contributed by atoms with Crippen molar-refractivity contribution in [3.8, 4) is 0 Å². The third-order valence-electron chi connectivity index (χ3n) is 2.42. The van der Waals surface area contributed by atoms with Gasteiger partial charge in [-0.1, -0.05) is 0 Å². The molecule has 0 spiro atoms. The minimum absolute atomic E-state index is 0.400. The van der Waals surface area contributed by atoms with Crippen LogP contribution in [0.2, 0.25) is 0 Å². The molecule has 17 heavy (non-hydrogen) atoms. The van der Waals surface area contributed by atoms with Crippen molar-refractivity contribution >= 4 is 21.6 Å². The van der Waals surface area contributed by atoms with Crippen molar-refractivity contribution in [1.82, 2.24) is 0 Å². The number of anilines is 2. The second kappa shape index (κ2) is 5.37. The molecule has 96 valence electrons. The standard InChI is InChI=1S/C11H19N3O2S/c1-4-14(9(2)3)11-7-5-10(6-8-11)13-17(12,15)16/h5-9,13H,4H2,1-3H3,(H2,12,15,16). The van der Waals surface area contributed by atoms with Crippen LogP contribution in [0.15, 0.2) is 24.3 Å². The van der Waals surface area contributed by atoms with Crippen molar-refractivity contribution in [1.29, 1.82) is 0 Å². The molecule has 0 saturated heterocycles. The lowest BCUT2D eigenvalue weighted by molar-refractivity contribution is 0.603. The number of rotatable bonds is 5. The van der Waals surface area contributed by atoms with E-state index in [1.54, 1.807) is 12.1 Å². The van der Waals surface area contributed by atoms with Crippen molar-refractivity contribution in [2.45, 2.75) is 26.8 Å². The molecule has 0 atom stereocenters. The zero-order valence-electron chi connectivity index (χ0n) is 10.3. The van der Waals surface area contributed by atoms with Crippen molar-refractivity contribution in [3.63, 3.8) is 0 Å². The highest BCUT2D eigenvalue weighted by Gasteiger charge is 2.08. The number of benzene rings is 1. The van der Waals surface area contributed by atoms with Gasteiger partial charge in [0.25, 0.3) is 10.2 Å². The maximum atomic E-state index is 10.8. The van der Waals surface area contributed by atoms with Crippen LogP contribution >= 0.6 is 0 Å². The summed E-state index contributed by atoms with van der Waals surface area (Å²) in [5, 5.41) is 4.89. The van der Waals surface area contributed by atoms with Gasteiger partial charge in [-0.25, -0.2) is 5.14 Å². The normalized spacial score (nSPS) is 11.6. The fourth-order valence-corrected chi connectivity index (χ4v) is 2.20. The molecular weight excluding hydrogens is 238 g/mol. The molecule has 5 nitrogen and oxygen atoms in total. The minimum atomic E-state index is -3.70. The van der Waals surface area contributed by atoms with Crippen molar-refractivity contribution in [3.05, 3.63) is 24.3 Å². The highest BCUT2D eigenvalue weighted by molar-refractivity contribution is 7.90. The predicted octanol–water partition coefficient (Wildman–Crippen LogP) is 1.54. The lowest BCUT2D eigenvalue weighted by atomic mass is 10.2. The number of nitrogens with zero attached hydrogens (tertiary/aromatic N) is 1. The lowest BCUT2D eigenvalue weighted by Crippen LogP contribution is -2.30. The summed E-state index contributed by atoms with van der Waals surface area (Å²) >= 11 is 0. The van der Waals surface area contributed by atoms with Gasteiger partial charge >= 0.3 is 0 Å². The first-order valence-corrected chi connectivity index (χ1v) is 7.05. The minimum Gasteiger partial charge on any atom is -0.369 e. The Kier molecular flexibility index (Phi) is 4.36. The summed E-state index contributed by atoms with van der Waals surface area (Å²) in [5.41, 5.74) is 1.53. The van der Waals surface area contributed by atoms with Crippen LogP contribution < -0.4 is 14.8 Å². The van der Waals surface area contributed by atoms with Crippen LogP contribution in [-0.2, 0) is 10.2 Å². The van der Waals surface area contributed by atoms with Crippen LogP contribution in [0.4, 0.5) is 11.4 Å². The van der Waals surface area contributed by atoms with Crippen LogP contribution in [0.3, 0.4) is 0 Å². The van der Waals surface area contributed by atoms with Crippen LogP contribution in [0.1, 0.15) is 20.8 Å². The van der Waals surface area contributed by atoms with Gasteiger partial charge in [-0.3, -0.25) is 4.72 Å². The summed E-state index contributed by atoms with van der Waals surface area (Å²) < 4.78 is 23.9. The molecule has 0 unspecified atom stereocenters. The smallest absolute Gasteiger partial charge is 0.296 e. The van der Waals surface area contributed by atoms with Crippen LogP contribution in [0, 0.1) is 0 Å². The quantitative estimate of drug-likeness (QED) is 0.840. The highest BCUT2D eigenvalue weighted by Crippen LogP contribution is 2.20. The SMILES string of the molecule is CCN(c1ccc(NS(N)(=O)=O)cc1)C(C)C. The van der Waals surface area contributed by atoms with Crippen LogP contribution in [-0.4, -0.2) is 21.0 Å². The Labute approximate surface area is 103 Å². The van der Waals surface area contributed by atoms with Gasteiger partial charge in [-0.2, -0.15) is 8.42 Å². The molecule has 0 radical (unpaired) electrons. The van der Waals surface area contributed by atoms with Gasteiger partial charge in [-0.05, 0) is 45.0 Å². The zero-order valence-corrected chi connectivity index (χ0v) is 11.2. The fraction of sp³-hybridized carbons (Fsp3) is 0.455. The van der Waals surface area contributed by atoms with E-state index in [9.17, 15) is 8.42 Å². The molecule has 1 aromatic carbocycles. The molecule has 0 bridgehead atoms. The maximum absolute atomic E-state index is 10.8. The van der Waals surface area contributed by atoms with Crippen LogP contribution in [0.25, 0.3) is 0 Å². The zero-order chi connectivity index (χ0) is 13.1. The van der Waals surface area contributed by atoms with Gasteiger partial charge in [0.15, 0.2) is 0 Å². The summed E-state index contributed by atoms with van der Waals surface area (Å²) in [6.45, 7) is 7.20. The topological polar surface area (TPSA) is 75.4 Å². The monoisotopic (exact) mass is 257 g/mol. The van der Waals surface area contributed by atoms with Gasteiger partial charge in [0.2, 0.25) is 0 Å². The van der Waals surface area contributed by atoms with Crippen molar-refractivity contribution in [2.75, 3.05) is 16.2 Å². The van der Waals surface area contributed by atoms with Gasteiger partial charge < -0.3 is 4.90 Å². The first-order chi connectivity index (χ1) is 7.83. The molecule has 0 aliphatic rings. The average molecular weight is 257 g/mol. The van der Waals surface area contributed by atoms with E-state index in [1.807, 2.05) is 12.1 Å². The Morgan fingerprint density at radius 1 is 1.29 bits per heavy atom. The Hall–Kier alpha value is -1.27. The van der Waals surface area contributed by atoms with Gasteiger partial charge in [0.05, 0.1) is 0 Å². The molecule has 1 aromatic rings. The molecule has 0 fully saturated rings. The molecule has 0 aliphatic heterocycles. The van der Waals surface area contributed by atoms with E-state index in [2.05, 4.69) is 30.4 Å². The van der Waals surface area contributed by atoms with E-state index in [4.69, 9.17) is 5.14 Å². The van der Waals surface area contributed by atoms with Gasteiger partial charge in [0.1, 0.15) is 0 Å². The largest absolute Gasteiger partial charge is 0.369 e. The number of nitrogens with two attached hydrogens (primary N) is 1. The third-order valence-corrected chi connectivity index (χ3v) is 2.94. The first-order valence-electron chi connectivity index (χ1n) is 5.50. The van der Waals surface area contributed by atoms with E-state index in [1.165, 1.54) is 0 Å². The summed E-state index contributed by atoms with van der Waals surface area (Å²) in [6, 6.07) is 7.54. The number of hydrogen-bond donors (Lipinski definition) is 2. The molecule has 0 aliphatic carbocycles. The molecule has 1 rings (SSSR count). The number of nitrogens with one attached hydrogen (secondary N) is 1. The summed E-state index contributed by atoms with van der Waals surface area (Å²) in [7, 11) is -3.70. The first kappa shape index (κ1) is 13.8. The molecular formula is C11H19N3O2S. The molecule has 3 N–H and O–H groups in total. The van der Waals surface area contributed by atoms with Crippen molar-refractivity contribution < 1.29 is 8.42 Å². The summed E-state index contributed by atoms with van der Waals surface area (Å²) in [5.74, 6) is 0. The third kappa shape index (κ3) is 4.24. The second-order valence-corrected chi connectivity index (χ2v) is 5.37. The maximum Gasteiger partial charge on any atom is 0.296 e. The lowest BCUT2D eigenvalue weighted by Gasteiger charge is -2.27. The van der Waals surface area contributed by atoms with E-state index in [0.29, 0.717) is 11.7 Å². The van der Waals surface area contributed by atoms with E-state index in [-0.39, 0.29) is 0 Å². The highest BCUT2D eigenvalue weighted by atomic mass is 32.2. The molecule has 0 saturated carbocycles. The van der Waals surface area contributed by atoms with Gasteiger partial charge in [-0.15, -0.1) is 0 Å². The van der Waals surface area contributed by atoms with Crippen LogP contribution in [0.5, 0.6) is 0 Å². The second-order valence-electron chi connectivity index (χ2n) is 4.07. The van der Waals surface area contributed by atoms with Gasteiger partial charge in [0, 0.05) is 24.0 Å². The van der Waals surface area contributed by atoms with E-state index in [0.717, 1.165) is 12.2 Å². The summed E-state index contributed by atoms with van der Waals surface area (Å²) in [6.07, 6.45) is 0. The average Bonchev–Trinajstić information content (AvgIpc) is 2.18. The Bertz CT molecular complexity index is 454. The van der Waals surface area contributed by atoms with E-state index < -0.39 is 10.2 Å². The summed E-state index contributed by atoms with van der Waals surface area (Å²) in [4.78, 5) is 2.21. The molecule has 0 aromatic heterocycles. The van der Waals surface area contributed by atoms with Crippen molar-refractivity contribution in [2.24, 2.45) is 5.14 Å². The van der Waals surface area contributed by atoms with E-state index >= 15 is 0 Å². The number of hydrogen-bond acceptors (Lipinski definition) is 3. The predicted molar refractivity (Wildman–Crippen MR) is 71.3 cm³/mol. The molecule has 6 heteroatoms. The molecule has 0 heterocycles. The Morgan fingerprint density at radius 3 is 2.18 bits per heavy atom. The molecule has 0 amide bonds. The Morgan fingerprint density at radius 2 is 1.82 bits per heavy atom. The fourth-order valence-electron chi connectivity index (χ4n) is 1.73. The Balaban J connectivity index is 2.87.